The van der Waals surface area contributed by atoms with Crippen LogP contribution in [0.3, 0.4) is 0 Å². The summed E-state index contributed by atoms with van der Waals surface area (Å²) in [4.78, 5) is 15.8. The van der Waals surface area contributed by atoms with Crippen molar-refractivity contribution in [3.05, 3.63) is 87.5 Å². The van der Waals surface area contributed by atoms with E-state index in [-0.39, 0.29) is 5.69 Å². The van der Waals surface area contributed by atoms with Crippen molar-refractivity contribution in [1.29, 1.82) is 0 Å². The molecule has 0 atom stereocenters. The van der Waals surface area contributed by atoms with E-state index in [4.69, 9.17) is 27.9 Å². The molecule has 0 amide bonds. The third-order valence-corrected chi connectivity index (χ3v) is 5.28. The van der Waals surface area contributed by atoms with E-state index < -0.39 is 5.95 Å². The van der Waals surface area contributed by atoms with Crippen molar-refractivity contribution in [1.82, 2.24) is 14.1 Å². The molecule has 0 saturated heterocycles. The number of aryl methyl sites for hydroxylation is 1. The van der Waals surface area contributed by atoms with Gasteiger partial charge in [0.1, 0.15) is 5.75 Å². The summed E-state index contributed by atoms with van der Waals surface area (Å²) in [5, 5.41) is 0.844. The number of halogens is 3. The Morgan fingerprint density at radius 3 is 2.27 bits per heavy atom. The predicted octanol–water partition coefficient (Wildman–Crippen LogP) is 5.36. The van der Waals surface area contributed by atoms with Crippen LogP contribution in [0.15, 0.2) is 65.8 Å². The molecule has 0 aliphatic rings. The van der Waals surface area contributed by atoms with Crippen molar-refractivity contribution in [2.45, 2.75) is 0 Å². The van der Waals surface area contributed by atoms with Crippen LogP contribution in [-0.4, -0.2) is 21.2 Å². The van der Waals surface area contributed by atoms with Gasteiger partial charge in [-0.25, -0.2) is 9.78 Å². The first-order valence-electron chi connectivity index (χ1n) is 8.93. The van der Waals surface area contributed by atoms with E-state index in [9.17, 15) is 9.18 Å². The number of rotatable bonds is 4. The van der Waals surface area contributed by atoms with Gasteiger partial charge in [0.15, 0.2) is 0 Å². The van der Waals surface area contributed by atoms with Gasteiger partial charge >= 0.3 is 5.69 Å². The number of pyridine rings is 1. The van der Waals surface area contributed by atoms with Crippen molar-refractivity contribution in [2.75, 3.05) is 7.11 Å². The summed E-state index contributed by atoms with van der Waals surface area (Å²) in [5.74, 6) is -0.0810. The van der Waals surface area contributed by atoms with Crippen molar-refractivity contribution < 1.29 is 9.13 Å². The van der Waals surface area contributed by atoms with Gasteiger partial charge in [-0.3, -0.25) is 4.57 Å². The Bertz CT molecular complexity index is 1310. The van der Waals surface area contributed by atoms with Crippen molar-refractivity contribution in [3.63, 3.8) is 0 Å². The van der Waals surface area contributed by atoms with Gasteiger partial charge in [0.25, 0.3) is 0 Å². The summed E-state index contributed by atoms with van der Waals surface area (Å²) in [7, 11) is 3.20. The lowest BCUT2D eigenvalue weighted by molar-refractivity contribution is 0.418. The SMILES string of the molecule is COc1c(-c2ccnc(F)c2)cc(Cl)cc1-c1ccc(-n2ccn(C)c2=O)c(Cl)c1. The molecule has 4 rings (SSSR count). The molecular weight excluding hydrogens is 428 g/mol. The average Bonchev–Trinajstić information content (AvgIpc) is 3.05. The molecule has 30 heavy (non-hydrogen) atoms. The Kier molecular flexibility index (Phi) is 5.37. The maximum absolute atomic E-state index is 13.7. The Morgan fingerprint density at radius 2 is 1.70 bits per heavy atom. The molecule has 0 spiro atoms. The summed E-state index contributed by atoms with van der Waals surface area (Å²) >= 11 is 12.9. The second kappa shape index (κ2) is 7.97. The van der Waals surface area contributed by atoms with Gasteiger partial charge < -0.3 is 9.30 Å². The number of hydrogen-bond acceptors (Lipinski definition) is 3. The molecule has 0 aliphatic heterocycles. The Hall–Kier alpha value is -3.09. The van der Waals surface area contributed by atoms with Gasteiger partial charge in [-0.15, -0.1) is 0 Å². The number of imidazole rings is 1. The highest BCUT2D eigenvalue weighted by molar-refractivity contribution is 6.33. The minimum absolute atomic E-state index is 0.202. The maximum atomic E-state index is 13.7. The second-order valence-electron chi connectivity index (χ2n) is 6.63. The molecule has 2 heterocycles. The lowest BCUT2D eigenvalue weighted by Gasteiger charge is -2.16. The predicted molar refractivity (Wildman–Crippen MR) is 116 cm³/mol. The Morgan fingerprint density at radius 1 is 1.00 bits per heavy atom. The normalized spacial score (nSPS) is 11.0. The molecule has 0 radical (unpaired) electrons. The Balaban J connectivity index is 1.88. The number of hydrogen-bond donors (Lipinski definition) is 0. The van der Waals surface area contributed by atoms with Crippen molar-refractivity contribution in [3.8, 4) is 33.7 Å². The zero-order chi connectivity index (χ0) is 21.4. The topological polar surface area (TPSA) is 49.0 Å². The molecule has 8 heteroatoms. The van der Waals surface area contributed by atoms with Crippen LogP contribution in [-0.2, 0) is 7.05 Å². The molecule has 0 N–H and O–H groups in total. The maximum Gasteiger partial charge on any atom is 0.332 e. The van der Waals surface area contributed by atoms with Crippen molar-refractivity contribution in [2.24, 2.45) is 7.05 Å². The van der Waals surface area contributed by atoms with E-state index in [0.29, 0.717) is 38.2 Å². The van der Waals surface area contributed by atoms with Gasteiger partial charge in [-0.2, -0.15) is 4.39 Å². The largest absolute Gasteiger partial charge is 0.495 e. The van der Waals surface area contributed by atoms with Crippen molar-refractivity contribution >= 4 is 23.2 Å². The quantitative estimate of drug-likeness (QED) is 0.399. The summed E-state index contributed by atoms with van der Waals surface area (Å²) in [6, 6.07) is 11.8. The van der Waals surface area contributed by atoms with Gasteiger partial charge in [0.2, 0.25) is 5.95 Å². The minimum atomic E-state index is -0.600. The van der Waals surface area contributed by atoms with Crippen LogP contribution in [0, 0.1) is 5.95 Å². The third-order valence-electron chi connectivity index (χ3n) is 4.76. The molecule has 0 aliphatic carbocycles. The zero-order valence-corrected chi connectivity index (χ0v) is 17.6. The highest BCUT2D eigenvalue weighted by Crippen LogP contribution is 2.42. The van der Waals surface area contributed by atoms with Crippen LogP contribution in [0.5, 0.6) is 5.75 Å². The number of ether oxygens (including phenoxy) is 1. The van der Waals surface area contributed by atoms with Gasteiger partial charge in [-0.1, -0.05) is 29.3 Å². The summed E-state index contributed by atoms with van der Waals surface area (Å²) in [6.07, 6.45) is 4.69. The van der Waals surface area contributed by atoms with E-state index in [1.165, 1.54) is 28.5 Å². The fourth-order valence-electron chi connectivity index (χ4n) is 3.33. The van der Waals surface area contributed by atoms with Gasteiger partial charge in [0, 0.05) is 47.9 Å². The van der Waals surface area contributed by atoms with E-state index in [0.717, 1.165) is 5.56 Å². The van der Waals surface area contributed by atoms with Gasteiger partial charge in [0.05, 0.1) is 17.8 Å². The summed E-state index contributed by atoms with van der Waals surface area (Å²) in [5.41, 5.74) is 2.99. The fraction of sp³-hybridized carbons (Fsp3) is 0.0909. The molecule has 152 valence electrons. The average molecular weight is 444 g/mol. The molecule has 0 fully saturated rings. The summed E-state index contributed by atoms with van der Waals surface area (Å²) < 4.78 is 22.3. The first-order valence-corrected chi connectivity index (χ1v) is 9.68. The molecule has 2 aromatic carbocycles. The lowest BCUT2D eigenvalue weighted by Crippen LogP contribution is -2.20. The Labute approximate surface area is 181 Å². The first-order chi connectivity index (χ1) is 14.4. The van der Waals surface area contributed by atoms with Crippen LogP contribution < -0.4 is 10.4 Å². The third kappa shape index (κ3) is 3.60. The molecular formula is C22H16Cl2FN3O2. The van der Waals surface area contributed by atoms with E-state index in [2.05, 4.69) is 4.98 Å². The summed E-state index contributed by atoms with van der Waals surface area (Å²) in [6.45, 7) is 0. The number of benzene rings is 2. The van der Waals surface area contributed by atoms with Crippen LogP contribution >= 0.6 is 23.2 Å². The molecule has 5 nitrogen and oxygen atoms in total. The van der Waals surface area contributed by atoms with Crippen LogP contribution in [0.25, 0.3) is 27.9 Å². The monoisotopic (exact) mass is 443 g/mol. The first kappa shape index (κ1) is 20.2. The smallest absolute Gasteiger partial charge is 0.332 e. The lowest BCUT2D eigenvalue weighted by atomic mass is 9.97. The van der Waals surface area contributed by atoms with Crippen LogP contribution in [0.2, 0.25) is 10.0 Å². The second-order valence-corrected chi connectivity index (χ2v) is 7.47. The molecule has 2 aromatic heterocycles. The number of nitrogens with zero attached hydrogens (tertiary/aromatic N) is 3. The fourth-order valence-corrected chi connectivity index (χ4v) is 3.82. The highest BCUT2D eigenvalue weighted by atomic mass is 35.5. The van der Waals surface area contributed by atoms with E-state index >= 15 is 0 Å². The van der Waals surface area contributed by atoms with Crippen LogP contribution in [0.4, 0.5) is 4.39 Å². The van der Waals surface area contributed by atoms with Gasteiger partial charge in [-0.05, 0) is 41.5 Å². The molecule has 0 bridgehead atoms. The molecule has 0 saturated carbocycles. The minimum Gasteiger partial charge on any atom is -0.495 e. The highest BCUT2D eigenvalue weighted by Gasteiger charge is 2.17. The number of methoxy groups -OCH3 is 1. The van der Waals surface area contributed by atoms with Crippen LogP contribution in [0.1, 0.15) is 0 Å². The van der Waals surface area contributed by atoms with E-state index in [1.54, 1.807) is 49.8 Å². The molecule has 0 unspecified atom stereocenters. The zero-order valence-electron chi connectivity index (χ0n) is 16.1. The number of aromatic nitrogens is 3. The van der Waals surface area contributed by atoms with E-state index in [1.807, 2.05) is 6.07 Å². The standard InChI is InChI=1S/C22H16Cl2FN3O2/c1-27-7-8-28(22(27)29)19-4-3-13(9-18(19)24)16-11-15(23)12-17(21(16)30-2)14-5-6-26-20(25)10-14/h3-12H,1-2H3. The molecule has 4 aromatic rings.